The first kappa shape index (κ1) is 23.3. The van der Waals surface area contributed by atoms with Crippen LogP contribution in [0.5, 0.6) is 5.75 Å². The van der Waals surface area contributed by atoms with Gasteiger partial charge in [-0.05, 0) is 54.7 Å². The molecule has 0 aromatic heterocycles. The van der Waals surface area contributed by atoms with Crippen LogP contribution in [0.25, 0.3) is 0 Å². The Morgan fingerprint density at radius 2 is 1.67 bits per heavy atom. The molecule has 158 valence electrons. The fraction of sp³-hybridized carbons (Fsp3) is 0.200. The summed E-state index contributed by atoms with van der Waals surface area (Å²) in [4.78, 5) is 36.3. The molecule has 0 radical (unpaired) electrons. The zero-order valence-electron chi connectivity index (χ0n) is 16.5. The number of rotatable bonds is 5. The van der Waals surface area contributed by atoms with E-state index in [9.17, 15) is 14.4 Å². The molecule has 0 saturated carbocycles. The Morgan fingerprint density at radius 3 is 2.27 bits per heavy atom. The fourth-order valence-corrected chi connectivity index (χ4v) is 2.74. The lowest BCUT2D eigenvalue weighted by molar-refractivity contribution is -0.118. The van der Waals surface area contributed by atoms with Gasteiger partial charge in [0, 0.05) is 21.6 Å². The van der Waals surface area contributed by atoms with Gasteiger partial charge in [-0.15, -0.1) is 0 Å². The van der Waals surface area contributed by atoms with Crippen LogP contribution in [0.3, 0.4) is 0 Å². The van der Waals surface area contributed by atoms with E-state index >= 15 is 0 Å². The minimum atomic E-state index is -0.495. The van der Waals surface area contributed by atoms with Gasteiger partial charge in [-0.3, -0.25) is 30.6 Å². The molecule has 10 heteroatoms. The second-order valence-corrected chi connectivity index (χ2v) is 7.75. The van der Waals surface area contributed by atoms with E-state index in [1.807, 2.05) is 0 Å². The van der Waals surface area contributed by atoms with Gasteiger partial charge in [0.05, 0.1) is 12.7 Å². The van der Waals surface area contributed by atoms with Gasteiger partial charge >= 0.3 is 0 Å². The highest BCUT2D eigenvalue weighted by atomic mass is 79.9. The highest BCUT2D eigenvalue weighted by Gasteiger charge is 2.15. The van der Waals surface area contributed by atoms with Crippen LogP contribution < -0.4 is 26.2 Å². The first-order chi connectivity index (χ1) is 14.2. The number of methoxy groups -OCH3 is 1. The maximum absolute atomic E-state index is 12.4. The summed E-state index contributed by atoms with van der Waals surface area (Å²) in [6, 6.07) is 11.3. The molecule has 2 aromatic carbocycles. The van der Waals surface area contributed by atoms with Gasteiger partial charge in [0.25, 0.3) is 11.8 Å². The number of amides is 3. The topological polar surface area (TPSA) is 109 Å². The van der Waals surface area contributed by atoms with Gasteiger partial charge in [-0.2, -0.15) is 0 Å². The van der Waals surface area contributed by atoms with Crippen molar-refractivity contribution >= 4 is 56.7 Å². The zero-order chi connectivity index (χ0) is 22.3. The standard InChI is InChI=1S/C20H21BrN4O4S/c1-11(2)17(26)22-14-7-4-12(5-8-14)18(27)24-25-20(30)23-19(28)15-10-13(21)6-9-16(15)29-3/h4-11H,1-3H3,(H,22,26)(H,24,27)(H2,23,25,28,30). The van der Waals surface area contributed by atoms with E-state index in [4.69, 9.17) is 17.0 Å². The van der Waals surface area contributed by atoms with Crippen molar-refractivity contribution in [2.45, 2.75) is 13.8 Å². The summed E-state index contributed by atoms with van der Waals surface area (Å²) in [5.74, 6) is -0.840. The molecule has 30 heavy (non-hydrogen) atoms. The smallest absolute Gasteiger partial charge is 0.269 e. The average Bonchev–Trinajstić information content (AvgIpc) is 2.72. The number of anilines is 1. The molecule has 0 fully saturated rings. The molecular weight excluding hydrogens is 472 g/mol. The lowest BCUT2D eigenvalue weighted by atomic mass is 10.1. The van der Waals surface area contributed by atoms with Crippen molar-refractivity contribution in [3.05, 3.63) is 58.1 Å². The molecule has 3 amide bonds. The lowest BCUT2D eigenvalue weighted by Gasteiger charge is -2.13. The van der Waals surface area contributed by atoms with Crippen LogP contribution in [0.2, 0.25) is 0 Å². The summed E-state index contributed by atoms with van der Waals surface area (Å²) < 4.78 is 5.87. The van der Waals surface area contributed by atoms with Gasteiger partial charge in [0.15, 0.2) is 5.11 Å². The number of thiocarbonyl (C=S) groups is 1. The Bertz CT molecular complexity index is 964. The van der Waals surface area contributed by atoms with Crippen LogP contribution in [-0.4, -0.2) is 29.9 Å². The van der Waals surface area contributed by atoms with Crippen molar-refractivity contribution in [1.29, 1.82) is 0 Å². The largest absolute Gasteiger partial charge is 0.496 e. The number of benzene rings is 2. The van der Waals surface area contributed by atoms with E-state index in [1.54, 1.807) is 56.3 Å². The SMILES string of the molecule is COc1ccc(Br)cc1C(=O)NC(=S)NNC(=O)c1ccc(NC(=O)C(C)C)cc1. The van der Waals surface area contributed by atoms with Crippen LogP contribution in [0.4, 0.5) is 5.69 Å². The second-order valence-electron chi connectivity index (χ2n) is 6.43. The van der Waals surface area contributed by atoms with Crippen LogP contribution in [0.1, 0.15) is 34.6 Å². The number of ether oxygens (including phenoxy) is 1. The number of carbonyl (C=O) groups is 3. The molecule has 0 heterocycles. The van der Waals surface area contributed by atoms with Gasteiger partial charge in [0.2, 0.25) is 5.91 Å². The molecule has 0 aliphatic heterocycles. The Kier molecular flexibility index (Phi) is 8.31. The third-order valence-corrected chi connectivity index (χ3v) is 4.56. The highest BCUT2D eigenvalue weighted by Crippen LogP contribution is 2.22. The molecule has 0 spiro atoms. The number of hydrogen-bond acceptors (Lipinski definition) is 5. The third-order valence-electron chi connectivity index (χ3n) is 3.86. The van der Waals surface area contributed by atoms with Gasteiger partial charge in [0.1, 0.15) is 5.75 Å². The van der Waals surface area contributed by atoms with Gasteiger partial charge < -0.3 is 10.1 Å². The molecule has 0 aliphatic carbocycles. The van der Waals surface area contributed by atoms with E-state index in [1.165, 1.54) is 7.11 Å². The Morgan fingerprint density at radius 1 is 1.00 bits per heavy atom. The summed E-state index contributed by atoms with van der Waals surface area (Å²) >= 11 is 8.34. The van der Waals surface area contributed by atoms with E-state index < -0.39 is 11.8 Å². The van der Waals surface area contributed by atoms with E-state index in [-0.39, 0.29) is 22.5 Å². The molecular formula is C20H21BrN4O4S. The highest BCUT2D eigenvalue weighted by molar-refractivity contribution is 9.10. The molecule has 0 aliphatic rings. The average molecular weight is 493 g/mol. The molecule has 4 N–H and O–H groups in total. The van der Waals surface area contributed by atoms with E-state index in [0.717, 1.165) is 0 Å². The van der Waals surface area contributed by atoms with Crippen LogP contribution >= 0.6 is 28.1 Å². The van der Waals surface area contributed by atoms with Crippen LogP contribution in [0, 0.1) is 5.92 Å². The van der Waals surface area contributed by atoms with Gasteiger partial charge in [-0.25, -0.2) is 0 Å². The predicted molar refractivity (Wildman–Crippen MR) is 121 cm³/mol. The number of hydrogen-bond donors (Lipinski definition) is 4. The van der Waals surface area contributed by atoms with Crippen LogP contribution in [0.15, 0.2) is 46.9 Å². The van der Waals surface area contributed by atoms with Crippen molar-refractivity contribution in [2.24, 2.45) is 5.92 Å². The summed E-state index contributed by atoms with van der Waals surface area (Å²) in [7, 11) is 1.45. The summed E-state index contributed by atoms with van der Waals surface area (Å²) in [5.41, 5.74) is 6.08. The zero-order valence-corrected chi connectivity index (χ0v) is 18.9. The molecule has 2 aromatic rings. The summed E-state index contributed by atoms with van der Waals surface area (Å²) in [5, 5.41) is 5.12. The minimum absolute atomic E-state index is 0.0869. The lowest BCUT2D eigenvalue weighted by Crippen LogP contribution is -2.48. The normalized spacial score (nSPS) is 10.2. The Hall–Kier alpha value is -2.98. The summed E-state index contributed by atoms with van der Waals surface area (Å²) in [6.07, 6.45) is 0. The van der Waals surface area contributed by atoms with Crippen molar-refractivity contribution in [3.63, 3.8) is 0 Å². The molecule has 0 atom stereocenters. The number of hydrazine groups is 1. The predicted octanol–water partition coefficient (Wildman–Crippen LogP) is 3.00. The Labute approximate surface area is 187 Å². The number of carbonyl (C=O) groups excluding carboxylic acids is 3. The first-order valence-electron chi connectivity index (χ1n) is 8.87. The quantitative estimate of drug-likeness (QED) is 0.377. The second kappa shape index (κ2) is 10.7. The monoisotopic (exact) mass is 492 g/mol. The van der Waals surface area contributed by atoms with Crippen molar-refractivity contribution in [3.8, 4) is 5.75 Å². The van der Waals surface area contributed by atoms with E-state index in [0.29, 0.717) is 21.5 Å². The maximum Gasteiger partial charge on any atom is 0.269 e. The van der Waals surface area contributed by atoms with E-state index in [2.05, 4.69) is 37.4 Å². The Balaban J connectivity index is 1.90. The molecule has 0 unspecified atom stereocenters. The summed E-state index contributed by atoms with van der Waals surface area (Å²) in [6.45, 7) is 3.58. The third kappa shape index (κ3) is 6.53. The maximum atomic E-state index is 12.4. The molecule has 0 saturated heterocycles. The van der Waals surface area contributed by atoms with Crippen LogP contribution in [-0.2, 0) is 4.79 Å². The molecule has 0 bridgehead atoms. The number of nitrogens with one attached hydrogen (secondary N) is 4. The van der Waals surface area contributed by atoms with Crippen molar-refractivity contribution in [2.75, 3.05) is 12.4 Å². The van der Waals surface area contributed by atoms with Crippen molar-refractivity contribution < 1.29 is 19.1 Å². The van der Waals surface area contributed by atoms with Crippen molar-refractivity contribution in [1.82, 2.24) is 16.2 Å². The molecule has 8 nitrogen and oxygen atoms in total. The number of halogens is 1. The van der Waals surface area contributed by atoms with Gasteiger partial charge in [-0.1, -0.05) is 29.8 Å². The molecule has 2 rings (SSSR count). The fourth-order valence-electron chi connectivity index (χ4n) is 2.24. The first-order valence-corrected chi connectivity index (χ1v) is 10.1. The minimum Gasteiger partial charge on any atom is -0.496 e.